The first-order valence-electron chi connectivity index (χ1n) is 7.22. The van der Waals surface area contributed by atoms with Crippen LogP contribution in [-0.4, -0.2) is 52.6 Å². The zero-order valence-corrected chi connectivity index (χ0v) is 14.5. The molecule has 0 unspecified atom stereocenters. The van der Waals surface area contributed by atoms with Crippen molar-refractivity contribution >= 4 is 29.4 Å². The van der Waals surface area contributed by atoms with Crippen LogP contribution in [0.4, 0.5) is 19.0 Å². The summed E-state index contributed by atoms with van der Waals surface area (Å²) in [4.78, 5) is 24.4. The zero-order chi connectivity index (χ0) is 18.3. The number of carbonyl (C=O) groups excluding carboxylic acids is 2. The molecule has 2 amide bonds. The van der Waals surface area contributed by atoms with Crippen molar-refractivity contribution in [1.29, 1.82) is 0 Å². The van der Waals surface area contributed by atoms with E-state index in [1.54, 1.807) is 20.8 Å². The molecule has 6 nitrogen and oxygen atoms in total. The number of hydrogen-bond donors (Lipinski definition) is 1. The first-order valence-corrected chi connectivity index (χ1v) is 8.37. The quantitative estimate of drug-likeness (QED) is 0.765. The molecular formula is C14H20F3N3O3S. The van der Waals surface area contributed by atoms with Gasteiger partial charge in [-0.2, -0.15) is 13.2 Å². The molecule has 10 heteroatoms. The Balaban J connectivity index is 2.42. The molecule has 0 aromatic carbocycles. The van der Waals surface area contributed by atoms with Gasteiger partial charge in [-0.25, -0.2) is 0 Å². The Hall–Kier alpha value is -1.71. The number of nitrogens with one attached hydrogen (secondary N) is 1. The number of aryl methyl sites for hydroxylation is 1. The molecule has 0 saturated heterocycles. The predicted octanol–water partition coefficient (Wildman–Crippen LogP) is 2.70. The Bertz CT molecular complexity index is 561. The molecule has 1 rings (SSSR count). The molecule has 0 bridgehead atoms. The van der Waals surface area contributed by atoms with Crippen molar-refractivity contribution < 1.29 is 27.3 Å². The molecule has 1 N–H and O–H groups in total. The van der Waals surface area contributed by atoms with Crippen LogP contribution in [0.5, 0.6) is 0 Å². The molecule has 24 heavy (non-hydrogen) atoms. The number of halogens is 3. The lowest BCUT2D eigenvalue weighted by molar-refractivity contribution is -0.160. The number of carbonyl (C=O) groups is 2. The average Bonchev–Trinajstić information content (AvgIpc) is 2.81. The highest BCUT2D eigenvalue weighted by Crippen LogP contribution is 2.18. The van der Waals surface area contributed by atoms with Crippen LogP contribution in [0.3, 0.4) is 0 Å². The van der Waals surface area contributed by atoms with Gasteiger partial charge >= 0.3 is 6.18 Å². The molecule has 136 valence electrons. The van der Waals surface area contributed by atoms with Crippen LogP contribution in [-0.2, 0) is 9.59 Å². The standard InChI is InChI=1S/C14H20F3N3O3S/c1-9(2)5-20(8-14(15,16)17)13(22)7-24-6-12(21)18-11-4-10(3)23-19-11/h4,9H,5-8H2,1-3H3,(H,18,19,21). The van der Waals surface area contributed by atoms with Gasteiger partial charge in [0.15, 0.2) is 5.82 Å². The summed E-state index contributed by atoms with van der Waals surface area (Å²) in [5.41, 5.74) is 0. The van der Waals surface area contributed by atoms with E-state index in [1.165, 1.54) is 6.07 Å². The van der Waals surface area contributed by atoms with Crippen molar-refractivity contribution in [3.8, 4) is 0 Å². The van der Waals surface area contributed by atoms with Crippen LogP contribution in [0.15, 0.2) is 10.6 Å². The molecule has 0 spiro atoms. The van der Waals surface area contributed by atoms with Crippen molar-refractivity contribution in [2.45, 2.75) is 26.9 Å². The van der Waals surface area contributed by atoms with Gasteiger partial charge in [0.05, 0.1) is 11.5 Å². The van der Waals surface area contributed by atoms with Gasteiger partial charge in [-0.1, -0.05) is 19.0 Å². The Kier molecular flexibility index (Phi) is 7.59. The summed E-state index contributed by atoms with van der Waals surface area (Å²) in [6, 6.07) is 1.53. The fraction of sp³-hybridized carbons (Fsp3) is 0.643. The second-order valence-corrected chi connectivity index (χ2v) is 6.63. The minimum Gasteiger partial charge on any atom is -0.360 e. The maximum Gasteiger partial charge on any atom is 0.406 e. The SMILES string of the molecule is Cc1cc(NC(=O)CSCC(=O)N(CC(C)C)CC(F)(F)F)no1. The average molecular weight is 367 g/mol. The molecule has 0 atom stereocenters. The Morgan fingerprint density at radius 3 is 2.54 bits per heavy atom. The summed E-state index contributed by atoms with van der Waals surface area (Å²) in [5.74, 6) is -0.622. The molecular weight excluding hydrogens is 347 g/mol. The first kappa shape index (κ1) is 20.3. The lowest BCUT2D eigenvalue weighted by atomic mass is 10.2. The second-order valence-electron chi connectivity index (χ2n) is 5.65. The maximum atomic E-state index is 12.5. The third kappa shape index (κ3) is 8.23. The van der Waals surface area contributed by atoms with Crippen LogP contribution in [0.1, 0.15) is 19.6 Å². The molecule has 0 radical (unpaired) electrons. The fourth-order valence-corrected chi connectivity index (χ4v) is 2.56. The molecule has 0 saturated carbocycles. The van der Waals surface area contributed by atoms with Gasteiger partial charge in [-0.15, -0.1) is 11.8 Å². The Morgan fingerprint density at radius 2 is 2.04 bits per heavy atom. The summed E-state index contributed by atoms with van der Waals surface area (Å²) < 4.78 is 42.4. The van der Waals surface area contributed by atoms with E-state index in [2.05, 4.69) is 10.5 Å². The largest absolute Gasteiger partial charge is 0.406 e. The normalized spacial score (nSPS) is 11.6. The molecule has 0 aliphatic carbocycles. The minimum atomic E-state index is -4.45. The van der Waals surface area contributed by atoms with Gasteiger partial charge in [-0.05, 0) is 12.8 Å². The Labute approximate surface area is 142 Å². The van der Waals surface area contributed by atoms with Crippen LogP contribution in [0.2, 0.25) is 0 Å². The molecule has 0 aliphatic heterocycles. The van der Waals surface area contributed by atoms with Gasteiger partial charge < -0.3 is 14.7 Å². The highest BCUT2D eigenvalue weighted by atomic mass is 32.2. The number of aromatic nitrogens is 1. The number of rotatable bonds is 8. The number of thioether (sulfide) groups is 1. The van der Waals surface area contributed by atoms with E-state index in [9.17, 15) is 22.8 Å². The van der Waals surface area contributed by atoms with Crippen molar-refractivity contribution in [3.05, 3.63) is 11.8 Å². The van der Waals surface area contributed by atoms with E-state index in [1.807, 2.05) is 0 Å². The zero-order valence-electron chi connectivity index (χ0n) is 13.6. The van der Waals surface area contributed by atoms with E-state index in [0.29, 0.717) is 5.76 Å². The van der Waals surface area contributed by atoms with Crippen LogP contribution in [0, 0.1) is 12.8 Å². The van der Waals surface area contributed by atoms with E-state index >= 15 is 0 Å². The van der Waals surface area contributed by atoms with E-state index in [4.69, 9.17) is 4.52 Å². The van der Waals surface area contributed by atoms with Gasteiger partial charge in [0.1, 0.15) is 12.3 Å². The second kappa shape index (κ2) is 8.95. The molecule has 1 heterocycles. The number of alkyl halides is 3. The van der Waals surface area contributed by atoms with Gasteiger partial charge in [0.25, 0.3) is 0 Å². The van der Waals surface area contributed by atoms with Crippen LogP contribution < -0.4 is 5.32 Å². The lowest BCUT2D eigenvalue weighted by Crippen LogP contribution is -2.42. The summed E-state index contributed by atoms with van der Waals surface area (Å²) in [6.45, 7) is 3.87. The monoisotopic (exact) mass is 367 g/mol. The molecule has 1 aromatic rings. The van der Waals surface area contributed by atoms with Gasteiger partial charge in [-0.3, -0.25) is 9.59 Å². The van der Waals surface area contributed by atoms with Gasteiger partial charge in [0, 0.05) is 12.6 Å². The van der Waals surface area contributed by atoms with Crippen LogP contribution >= 0.6 is 11.8 Å². The summed E-state index contributed by atoms with van der Waals surface area (Å²) in [6.07, 6.45) is -4.45. The van der Waals surface area contributed by atoms with Crippen molar-refractivity contribution in [2.24, 2.45) is 5.92 Å². The Morgan fingerprint density at radius 1 is 1.38 bits per heavy atom. The molecule has 0 aliphatic rings. The third-order valence-electron chi connectivity index (χ3n) is 2.66. The van der Waals surface area contributed by atoms with Crippen molar-refractivity contribution in [1.82, 2.24) is 10.1 Å². The number of amides is 2. The van der Waals surface area contributed by atoms with Crippen LogP contribution in [0.25, 0.3) is 0 Å². The van der Waals surface area contributed by atoms with E-state index in [-0.39, 0.29) is 29.8 Å². The number of hydrogen-bond acceptors (Lipinski definition) is 5. The predicted molar refractivity (Wildman–Crippen MR) is 84.7 cm³/mol. The minimum absolute atomic E-state index is 0.0172. The highest BCUT2D eigenvalue weighted by Gasteiger charge is 2.33. The van der Waals surface area contributed by atoms with E-state index < -0.39 is 24.5 Å². The van der Waals surface area contributed by atoms with Gasteiger partial charge in [0.2, 0.25) is 11.8 Å². The van der Waals surface area contributed by atoms with E-state index in [0.717, 1.165) is 16.7 Å². The first-order chi connectivity index (χ1) is 11.1. The van der Waals surface area contributed by atoms with Crippen molar-refractivity contribution in [3.63, 3.8) is 0 Å². The lowest BCUT2D eigenvalue weighted by Gasteiger charge is -2.25. The smallest absolute Gasteiger partial charge is 0.360 e. The summed E-state index contributed by atoms with van der Waals surface area (Å²) in [5, 5.41) is 6.05. The molecule has 0 fully saturated rings. The third-order valence-corrected chi connectivity index (χ3v) is 3.58. The number of anilines is 1. The molecule has 1 aromatic heterocycles. The highest BCUT2D eigenvalue weighted by molar-refractivity contribution is 8.00. The fourth-order valence-electron chi connectivity index (χ4n) is 1.84. The summed E-state index contributed by atoms with van der Waals surface area (Å²) in [7, 11) is 0. The van der Waals surface area contributed by atoms with Crippen molar-refractivity contribution in [2.75, 3.05) is 29.9 Å². The summed E-state index contributed by atoms with van der Waals surface area (Å²) >= 11 is 0.948. The maximum absolute atomic E-state index is 12.5. The topological polar surface area (TPSA) is 75.4 Å². The number of nitrogens with zero attached hydrogens (tertiary/aromatic N) is 2.